The number of benzene rings is 4. The monoisotopic (exact) mass is 541 g/mol. The zero-order valence-corrected chi connectivity index (χ0v) is 23.4. The minimum absolute atomic E-state index is 0.145. The Kier molecular flexibility index (Phi) is 7.84. The number of hydrogen-bond acceptors (Lipinski definition) is 4. The number of likely N-dealkylation sites (tertiary alicyclic amines) is 1. The van der Waals surface area contributed by atoms with Crippen LogP contribution >= 0.6 is 0 Å². The van der Waals surface area contributed by atoms with E-state index in [0.717, 1.165) is 25.2 Å². The normalized spacial score (nSPS) is 20.1. The lowest BCUT2D eigenvalue weighted by Gasteiger charge is -2.41. The van der Waals surface area contributed by atoms with Crippen LogP contribution in [-0.2, 0) is 16.6 Å². The first-order valence-electron chi connectivity index (χ1n) is 13.4. The molecule has 0 aliphatic carbocycles. The van der Waals surface area contributed by atoms with E-state index < -0.39 is 10.0 Å². The first kappa shape index (κ1) is 27.1. The Balaban J connectivity index is 1.37. The highest BCUT2D eigenvalue weighted by atomic mass is 32.2. The maximum atomic E-state index is 13.8. The van der Waals surface area contributed by atoms with Gasteiger partial charge in [-0.2, -0.15) is 0 Å². The SMILES string of the molecule is Cc1ccccc1C(=O)Nc1ccc(S(=O)(=O)N[C@H]2[C@H](C)CN(Cc3ccccc3)C[C@@H]2C)c2ccccc12. The highest BCUT2D eigenvalue weighted by Gasteiger charge is 2.35. The number of anilines is 1. The molecule has 1 fully saturated rings. The zero-order chi connectivity index (χ0) is 27.6. The van der Waals surface area contributed by atoms with E-state index in [2.05, 4.69) is 40.9 Å². The van der Waals surface area contributed by atoms with E-state index in [1.807, 2.05) is 61.5 Å². The summed E-state index contributed by atoms with van der Waals surface area (Å²) in [6.45, 7) is 8.61. The number of rotatable bonds is 7. The lowest BCUT2D eigenvalue weighted by atomic mass is 9.86. The zero-order valence-electron chi connectivity index (χ0n) is 22.6. The molecule has 0 saturated carbocycles. The van der Waals surface area contributed by atoms with Crippen LogP contribution in [-0.4, -0.2) is 38.4 Å². The molecule has 0 aromatic heterocycles. The number of aryl methyl sites for hydroxylation is 1. The van der Waals surface area contributed by atoms with Crippen LogP contribution in [0.5, 0.6) is 0 Å². The van der Waals surface area contributed by atoms with Gasteiger partial charge in [0.25, 0.3) is 5.91 Å². The molecule has 5 rings (SSSR count). The first-order chi connectivity index (χ1) is 18.7. The number of hydrogen-bond donors (Lipinski definition) is 2. The third-order valence-corrected chi connectivity index (χ3v) is 9.19. The van der Waals surface area contributed by atoms with Crippen LogP contribution in [0.1, 0.15) is 35.3 Å². The van der Waals surface area contributed by atoms with Crippen molar-refractivity contribution in [3.8, 4) is 0 Å². The van der Waals surface area contributed by atoms with E-state index in [0.29, 0.717) is 22.0 Å². The van der Waals surface area contributed by atoms with Crippen LogP contribution in [0.2, 0.25) is 0 Å². The fourth-order valence-corrected chi connectivity index (χ4v) is 7.42. The molecule has 4 aromatic rings. The molecule has 1 aliphatic heterocycles. The highest BCUT2D eigenvalue weighted by Crippen LogP contribution is 2.32. The maximum Gasteiger partial charge on any atom is 0.255 e. The van der Waals surface area contributed by atoms with Gasteiger partial charge in [-0.25, -0.2) is 13.1 Å². The van der Waals surface area contributed by atoms with Gasteiger partial charge in [-0.15, -0.1) is 0 Å². The molecule has 0 radical (unpaired) electrons. The van der Waals surface area contributed by atoms with Gasteiger partial charge < -0.3 is 5.32 Å². The second kappa shape index (κ2) is 11.3. The van der Waals surface area contributed by atoms with E-state index in [-0.39, 0.29) is 28.7 Å². The molecule has 0 spiro atoms. The second-order valence-electron chi connectivity index (χ2n) is 10.7. The largest absolute Gasteiger partial charge is 0.321 e. The lowest BCUT2D eigenvalue weighted by Crippen LogP contribution is -2.54. The van der Waals surface area contributed by atoms with Gasteiger partial charge in [-0.3, -0.25) is 9.69 Å². The number of carbonyl (C=O) groups excluding carboxylic acids is 1. The number of nitrogens with zero attached hydrogens (tertiary/aromatic N) is 1. The minimum Gasteiger partial charge on any atom is -0.321 e. The highest BCUT2D eigenvalue weighted by molar-refractivity contribution is 7.89. The summed E-state index contributed by atoms with van der Waals surface area (Å²) in [5, 5.41) is 4.24. The molecule has 4 aromatic carbocycles. The average Bonchev–Trinajstić information content (AvgIpc) is 2.91. The van der Waals surface area contributed by atoms with Gasteiger partial charge in [0, 0.05) is 47.7 Å². The fourth-order valence-electron chi connectivity index (χ4n) is 5.75. The van der Waals surface area contributed by atoms with Crippen LogP contribution in [0.25, 0.3) is 10.8 Å². The summed E-state index contributed by atoms with van der Waals surface area (Å²) in [5.74, 6) is 0.0641. The standard InChI is InChI=1S/C32H35N3O3S/c1-22-11-7-8-14-26(22)32(36)33-29-17-18-30(28-16-10-9-15-27(28)29)39(37,38)34-31-23(2)19-35(20-24(31)3)21-25-12-5-4-6-13-25/h4-18,23-24,31,34H,19-21H2,1-3H3,(H,33,36)/t23-,24+,31+. The Morgan fingerprint density at radius 2 is 1.44 bits per heavy atom. The summed E-state index contributed by atoms with van der Waals surface area (Å²) < 4.78 is 30.6. The Bertz CT molecular complexity index is 1580. The summed E-state index contributed by atoms with van der Waals surface area (Å²) in [6.07, 6.45) is 0. The van der Waals surface area contributed by atoms with Crippen molar-refractivity contribution in [2.24, 2.45) is 11.8 Å². The van der Waals surface area contributed by atoms with E-state index >= 15 is 0 Å². The molecule has 0 unspecified atom stereocenters. The van der Waals surface area contributed by atoms with Gasteiger partial charge in [-0.05, 0) is 48.1 Å². The van der Waals surface area contributed by atoms with E-state index in [4.69, 9.17) is 0 Å². The van der Waals surface area contributed by atoms with Crippen molar-refractivity contribution in [2.45, 2.75) is 38.3 Å². The molecule has 1 aliphatic rings. The predicted molar refractivity (Wildman–Crippen MR) is 157 cm³/mol. The van der Waals surface area contributed by atoms with E-state index in [9.17, 15) is 13.2 Å². The summed E-state index contributed by atoms with van der Waals surface area (Å²) in [7, 11) is -3.81. The fraction of sp³-hybridized carbons (Fsp3) is 0.281. The molecule has 2 N–H and O–H groups in total. The average molecular weight is 542 g/mol. The van der Waals surface area contributed by atoms with E-state index in [1.54, 1.807) is 24.3 Å². The number of fused-ring (bicyclic) bond motifs is 1. The summed E-state index contributed by atoms with van der Waals surface area (Å²) >= 11 is 0. The molecule has 7 heteroatoms. The summed E-state index contributed by atoms with van der Waals surface area (Å²) in [6, 6.07) is 28.2. The molecule has 6 nitrogen and oxygen atoms in total. The Morgan fingerprint density at radius 3 is 2.13 bits per heavy atom. The smallest absolute Gasteiger partial charge is 0.255 e. The van der Waals surface area contributed by atoms with Crippen molar-refractivity contribution < 1.29 is 13.2 Å². The van der Waals surface area contributed by atoms with Crippen molar-refractivity contribution in [2.75, 3.05) is 18.4 Å². The van der Waals surface area contributed by atoms with Crippen LogP contribution < -0.4 is 10.0 Å². The maximum absolute atomic E-state index is 13.8. The number of sulfonamides is 1. The quantitative estimate of drug-likeness (QED) is 0.308. The van der Waals surface area contributed by atoms with Crippen LogP contribution in [0.15, 0.2) is 95.9 Å². The predicted octanol–water partition coefficient (Wildman–Crippen LogP) is 5.84. The Morgan fingerprint density at radius 1 is 0.821 bits per heavy atom. The van der Waals surface area contributed by atoms with Crippen molar-refractivity contribution in [1.82, 2.24) is 9.62 Å². The Hall–Kier alpha value is -3.52. The lowest BCUT2D eigenvalue weighted by molar-refractivity contribution is 0.102. The van der Waals surface area contributed by atoms with Crippen LogP contribution in [0.3, 0.4) is 0 Å². The minimum atomic E-state index is -3.81. The number of amides is 1. The van der Waals surface area contributed by atoms with Gasteiger partial charge in [0.15, 0.2) is 0 Å². The third kappa shape index (κ3) is 5.91. The molecule has 1 heterocycles. The molecule has 3 atom stereocenters. The molecular formula is C32H35N3O3S. The van der Waals surface area contributed by atoms with Crippen molar-refractivity contribution in [1.29, 1.82) is 0 Å². The number of piperidine rings is 1. The molecule has 202 valence electrons. The van der Waals surface area contributed by atoms with Gasteiger partial charge in [0.05, 0.1) is 4.90 Å². The van der Waals surface area contributed by atoms with Gasteiger partial charge in [0.1, 0.15) is 0 Å². The number of carbonyl (C=O) groups is 1. The molecule has 1 saturated heterocycles. The number of nitrogens with one attached hydrogen (secondary N) is 2. The van der Waals surface area contributed by atoms with Gasteiger partial charge in [-0.1, -0.05) is 86.6 Å². The third-order valence-electron chi connectivity index (χ3n) is 7.67. The van der Waals surface area contributed by atoms with Gasteiger partial charge in [0.2, 0.25) is 10.0 Å². The van der Waals surface area contributed by atoms with Crippen molar-refractivity contribution >= 4 is 32.4 Å². The molecular weight excluding hydrogens is 506 g/mol. The molecule has 1 amide bonds. The topological polar surface area (TPSA) is 78.5 Å². The molecule has 0 bridgehead atoms. The first-order valence-corrected chi connectivity index (χ1v) is 14.9. The Labute approximate surface area is 231 Å². The van der Waals surface area contributed by atoms with Crippen molar-refractivity contribution in [3.05, 3.63) is 108 Å². The van der Waals surface area contributed by atoms with Gasteiger partial charge >= 0.3 is 0 Å². The van der Waals surface area contributed by atoms with E-state index in [1.165, 1.54) is 5.56 Å². The van der Waals surface area contributed by atoms with Crippen LogP contribution in [0.4, 0.5) is 5.69 Å². The molecule has 39 heavy (non-hydrogen) atoms. The summed E-state index contributed by atoms with van der Waals surface area (Å²) in [5.41, 5.74) is 3.30. The second-order valence-corrected chi connectivity index (χ2v) is 12.4. The van der Waals surface area contributed by atoms with Crippen molar-refractivity contribution in [3.63, 3.8) is 0 Å². The summed E-state index contributed by atoms with van der Waals surface area (Å²) in [4.78, 5) is 15.6. The van der Waals surface area contributed by atoms with Crippen LogP contribution in [0, 0.1) is 18.8 Å².